The van der Waals surface area contributed by atoms with E-state index in [0.29, 0.717) is 12.0 Å². The van der Waals surface area contributed by atoms with Crippen LogP contribution < -0.4 is 10.6 Å². The molecule has 1 aromatic heterocycles. The van der Waals surface area contributed by atoms with Crippen LogP contribution in [0.4, 0.5) is 0 Å². The number of hydrogen-bond acceptors (Lipinski definition) is 4. The maximum absolute atomic E-state index is 4.89. The number of thiophene rings is 1. The summed E-state index contributed by atoms with van der Waals surface area (Å²) in [6.45, 7) is 14.0. The molecule has 25 heavy (non-hydrogen) atoms. The van der Waals surface area contributed by atoms with Gasteiger partial charge in [-0.2, -0.15) is 0 Å². The zero-order valence-corrected chi connectivity index (χ0v) is 17.1. The van der Waals surface area contributed by atoms with E-state index >= 15 is 0 Å². The molecule has 0 aliphatic carbocycles. The van der Waals surface area contributed by atoms with Crippen LogP contribution in [0.15, 0.2) is 22.5 Å². The lowest BCUT2D eigenvalue weighted by molar-refractivity contribution is 0.0925. The lowest BCUT2D eigenvalue weighted by Gasteiger charge is -2.39. The monoisotopic (exact) mass is 365 g/mol. The van der Waals surface area contributed by atoms with Crippen LogP contribution in [0.2, 0.25) is 0 Å². The first-order valence-corrected chi connectivity index (χ1v) is 10.4. The zero-order valence-electron chi connectivity index (χ0n) is 16.3. The van der Waals surface area contributed by atoms with Crippen LogP contribution in [0.25, 0.3) is 0 Å². The van der Waals surface area contributed by atoms with Crippen LogP contribution in [0.5, 0.6) is 0 Å². The van der Waals surface area contributed by atoms with Gasteiger partial charge in [-0.1, -0.05) is 19.9 Å². The molecule has 142 valence electrons. The quantitative estimate of drug-likeness (QED) is 0.547. The number of likely N-dealkylation sites (N-methyl/N-ethyl adjacent to an activating group) is 1. The molecule has 1 aromatic rings. The minimum absolute atomic E-state index is 0.515. The molecular weight excluding hydrogens is 330 g/mol. The molecule has 5 nitrogen and oxygen atoms in total. The van der Waals surface area contributed by atoms with Gasteiger partial charge >= 0.3 is 0 Å². The summed E-state index contributed by atoms with van der Waals surface area (Å²) in [5.41, 5.74) is 0. The number of aliphatic imine (C=N–C) groups is 1. The van der Waals surface area contributed by atoms with Crippen molar-refractivity contribution in [1.82, 2.24) is 20.4 Å². The molecule has 0 spiro atoms. The summed E-state index contributed by atoms with van der Waals surface area (Å²) in [6.07, 6.45) is 1.05. The Bertz CT molecular complexity index is 492. The van der Waals surface area contributed by atoms with Gasteiger partial charge in [0.25, 0.3) is 0 Å². The Balaban J connectivity index is 1.87. The molecule has 1 aliphatic rings. The van der Waals surface area contributed by atoms with E-state index in [0.717, 1.165) is 58.2 Å². The van der Waals surface area contributed by atoms with Gasteiger partial charge in [0.1, 0.15) is 0 Å². The van der Waals surface area contributed by atoms with Gasteiger partial charge in [0.15, 0.2) is 5.96 Å². The SMILES string of the molecule is CCNC(=NCC(C(C)C)N1CCN(C)CC1)NCCc1cccs1. The fourth-order valence-electron chi connectivity index (χ4n) is 3.19. The second-order valence-corrected chi connectivity index (χ2v) is 8.16. The number of nitrogens with one attached hydrogen (secondary N) is 2. The van der Waals surface area contributed by atoms with Gasteiger partial charge in [0.05, 0.1) is 6.54 Å². The number of piperazine rings is 1. The molecule has 0 radical (unpaired) electrons. The first-order valence-electron chi connectivity index (χ1n) is 9.57. The first kappa shape index (κ1) is 20.2. The first-order chi connectivity index (χ1) is 12.1. The molecular formula is C19H35N5S. The van der Waals surface area contributed by atoms with Crippen molar-refractivity contribution in [1.29, 1.82) is 0 Å². The number of nitrogens with zero attached hydrogens (tertiary/aromatic N) is 3. The average molecular weight is 366 g/mol. The molecule has 2 rings (SSSR count). The van der Waals surface area contributed by atoms with Gasteiger partial charge < -0.3 is 15.5 Å². The van der Waals surface area contributed by atoms with Crippen molar-refractivity contribution >= 4 is 17.3 Å². The van der Waals surface area contributed by atoms with Crippen LogP contribution >= 0.6 is 11.3 Å². The fraction of sp³-hybridized carbons (Fsp3) is 0.737. The second-order valence-electron chi connectivity index (χ2n) is 7.13. The van der Waals surface area contributed by atoms with Crippen LogP contribution in [0.1, 0.15) is 25.6 Å². The smallest absolute Gasteiger partial charge is 0.191 e. The number of rotatable bonds is 8. The molecule has 1 fully saturated rings. The maximum Gasteiger partial charge on any atom is 0.191 e. The predicted octanol–water partition coefficient (Wildman–Crippen LogP) is 2.12. The Kier molecular flexibility index (Phi) is 8.72. The summed E-state index contributed by atoms with van der Waals surface area (Å²) < 4.78 is 0. The molecule has 1 atom stereocenters. The summed E-state index contributed by atoms with van der Waals surface area (Å²) >= 11 is 1.82. The van der Waals surface area contributed by atoms with E-state index in [1.54, 1.807) is 0 Å². The third-order valence-electron chi connectivity index (χ3n) is 4.80. The highest BCUT2D eigenvalue weighted by Crippen LogP contribution is 2.14. The van der Waals surface area contributed by atoms with Crippen LogP contribution in [-0.2, 0) is 6.42 Å². The lowest BCUT2D eigenvalue weighted by Crippen LogP contribution is -2.52. The van der Waals surface area contributed by atoms with E-state index in [4.69, 9.17) is 4.99 Å². The third kappa shape index (κ3) is 6.96. The van der Waals surface area contributed by atoms with Crippen molar-refractivity contribution < 1.29 is 0 Å². The van der Waals surface area contributed by atoms with Crippen molar-refractivity contribution in [2.75, 3.05) is 52.9 Å². The molecule has 1 unspecified atom stereocenters. The summed E-state index contributed by atoms with van der Waals surface area (Å²) in [5.74, 6) is 1.56. The normalized spacial score (nSPS) is 18.5. The highest BCUT2D eigenvalue weighted by atomic mass is 32.1. The van der Waals surface area contributed by atoms with Crippen molar-refractivity contribution in [2.45, 2.75) is 33.2 Å². The van der Waals surface area contributed by atoms with E-state index < -0.39 is 0 Å². The highest BCUT2D eigenvalue weighted by molar-refractivity contribution is 7.09. The topological polar surface area (TPSA) is 42.9 Å². The summed E-state index contributed by atoms with van der Waals surface area (Å²) in [7, 11) is 2.21. The molecule has 0 amide bonds. The molecule has 0 saturated carbocycles. The summed E-state index contributed by atoms with van der Waals surface area (Å²) in [5, 5.41) is 9.00. The molecule has 0 bridgehead atoms. The Morgan fingerprint density at radius 3 is 2.60 bits per heavy atom. The highest BCUT2D eigenvalue weighted by Gasteiger charge is 2.24. The van der Waals surface area contributed by atoms with Crippen molar-refractivity contribution in [3.63, 3.8) is 0 Å². The third-order valence-corrected chi connectivity index (χ3v) is 5.74. The van der Waals surface area contributed by atoms with Gasteiger partial charge in [-0.3, -0.25) is 9.89 Å². The van der Waals surface area contributed by atoms with Gasteiger partial charge in [-0.25, -0.2) is 0 Å². The van der Waals surface area contributed by atoms with Crippen molar-refractivity contribution in [3.05, 3.63) is 22.4 Å². The largest absolute Gasteiger partial charge is 0.357 e. The minimum atomic E-state index is 0.515. The van der Waals surface area contributed by atoms with Gasteiger partial charge in [0, 0.05) is 50.2 Å². The van der Waals surface area contributed by atoms with E-state index in [2.05, 4.69) is 65.8 Å². The molecule has 1 aliphatic heterocycles. The van der Waals surface area contributed by atoms with E-state index in [1.807, 2.05) is 11.3 Å². The standard InChI is InChI=1S/C19H35N5S/c1-5-20-19(21-9-8-17-7-6-14-25-17)22-15-18(16(2)3)24-12-10-23(4)11-13-24/h6-7,14,16,18H,5,8-13,15H2,1-4H3,(H2,20,21,22). The van der Waals surface area contributed by atoms with Gasteiger partial charge in [-0.05, 0) is 37.8 Å². The Hall–Kier alpha value is -1.11. The van der Waals surface area contributed by atoms with Crippen molar-refractivity contribution in [2.24, 2.45) is 10.9 Å². The second kappa shape index (κ2) is 10.8. The summed E-state index contributed by atoms with van der Waals surface area (Å²) in [4.78, 5) is 11.3. The lowest BCUT2D eigenvalue weighted by atomic mass is 10.0. The van der Waals surface area contributed by atoms with Crippen LogP contribution in [0.3, 0.4) is 0 Å². The Morgan fingerprint density at radius 1 is 1.24 bits per heavy atom. The molecule has 0 aromatic carbocycles. The van der Waals surface area contributed by atoms with Gasteiger partial charge in [0.2, 0.25) is 0 Å². The van der Waals surface area contributed by atoms with E-state index in [-0.39, 0.29) is 0 Å². The number of hydrogen-bond donors (Lipinski definition) is 2. The molecule has 2 N–H and O–H groups in total. The van der Waals surface area contributed by atoms with E-state index in [1.165, 1.54) is 4.88 Å². The number of guanidine groups is 1. The van der Waals surface area contributed by atoms with Crippen LogP contribution in [-0.4, -0.2) is 74.7 Å². The molecule has 6 heteroatoms. The Labute approximate surface area is 157 Å². The summed E-state index contributed by atoms with van der Waals surface area (Å²) in [6, 6.07) is 4.82. The Morgan fingerprint density at radius 2 is 2.00 bits per heavy atom. The predicted molar refractivity (Wildman–Crippen MR) is 110 cm³/mol. The fourth-order valence-corrected chi connectivity index (χ4v) is 3.90. The van der Waals surface area contributed by atoms with Crippen molar-refractivity contribution in [3.8, 4) is 0 Å². The molecule has 2 heterocycles. The maximum atomic E-state index is 4.89. The zero-order chi connectivity index (χ0) is 18.1. The molecule has 1 saturated heterocycles. The van der Waals surface area contributed by atoms with Gasteiger partial charge in [-0.15, -0.1) is 11.3 Å². The van der Waals surface area contributed by atoms with Crippen LogP contribution in [0, 0.1) is 5.92 Å². The van der Waals surface area contributed by atoms with E-state index in [9.17, 15) is 0 Å². The average Bonchev–Trinajstić information content (AvgIpc) is 3.09. The minimum Gasteiger partial charge on any atom is -0.357 e.